The van der Waals surface area contributed by atoms with Crippen LogP contribution in [0.3, 0.4) is 0 Å². The molecule has 3 N–H and O–H groups in total. The van der Waals surface area contributed by atoms with Crippen LogP contribution in [0.25, 0.3) is 0 Å². The summed E-state index contributed by atoms with van der Waals surface area (Å²) in [6, 6.07) is -0.492. The van der Waals surface area contributed by atoms with Crippen LogP contribution >= 0.6 is 0 Å². The lowest BCUT2D eigenvalue weighted by atomic mass is 9.91. The van der Waals surface area contributed by atoms with Crippen molar-refractivity contribution >= 4 is 12.1 Å². The second-order valence-corrected chi connectivity index (χ2v) is 4.70. The monoisotopic (exact) mass is 257 g/mol. The Morgan fingerprint density at radius 3 is 2.67 bits per heavy atom. The Morgan fingerprint density at radius 2 is 2.11 bits per heavy atom. The minimum absolute atomic E-state index is 0.0677. The number of likely N-dealkylation sites (tertiary alicyclic amines) is 1. The fourth-order valence-corrected chi connectivity index (χ4v) is 2.45. The zero-order valence-corrected chi connectivity index (χ0v) is 11.1. The molecule has 0 aromatic carbocycles. The number of nitrogens with two attached hydrogens (primary N) is 1. The third-order valence-electron chi connectivity index (χ3n) is 3.14. The maximum Gasteiger partial charge on any atom is 0.407 e. The van der Waals surface area contributed by atoms with Gasteiger partial charge < -0.3 is 20.7 Å². The van der Waals surface area contributed by atoms with Gasteiger partial charge in [-0.3, -0.25) is 0 Å². The van der Waals surface area contributed by atoms with Crippen molar-refractivity contribution in [1.29, 1.82) is 0 Å². The number of alkyl carbamates (subject to hydrolysis) is 1. The fourth-order valence-electron chi connectivity index (χ4n) is 2.45. The Bertz CT molecular complexity index is 296. The molecule has 1 rings (SSSR count). The number of urea groups is 1. The molecule has 1 saturated heterocycles. The zero-order chi connectivity index (χ0) is 13.5. The van der Waals surface area contributed by atoms with Crippen LogP contribution in [0.1, 0.15) is 33.1 Å². The van der Waals surface area contributed by atoms with Crippen molar-refractivity contribution in [3.05, 3.63) is 0 Å². The Hall–Kier alpha value is -1.46. The predicted octanol–water partition coefficient (Wildman–Crippen LogP) is 1.30. The van der Waals surface area contributed by atoms with Crippen LogP contribution in [-0.4, -0.2) is 42.8 Å². The first-order valence-corrected chi connectivity index (χ1v) is 6.54. The SMILES string of the molecule is CCCC1CC(NC(=O)OCC)CN(C(N)=O)C1. The minimum Gasteiger partial charge on any atom is -0.450 e. The number of rotatable bonds is 4. The zero-order valence-electron chi connectivity index (χ0n) is 11.1. The summed E-state index contributed by atoms with van der Waals surface area (Å²) in [5.41, 5.74) is 5.32. The van der Waals surface area contributed by atoms with Crippen LogP contribution in [0.2, 0.25) is 0 Å². The van der Waals surface area contributed by atoms with E-state index in [1.165, 1.54) is 0 Å². The van der Waals surface area contributed by atoms with E-state index in [0.29, 0.717) is 25.6 Å². The van der Waals surface area contributed by atoms with Gasteiger partial charge in [0.05, 0.1) is 12.6 Å². The summed E-state index contributed by atoms with van der Waals surface area (Å²) in [6.45, 7) is 5.36. The molecule has 0 aromatic heterocycles. The highest BCUT2D eigenvalue weighted by Gasteiger charge is 2.29. The second kappa shape index (κ2) is 7.08. The minimum atomic E-state index is -0.427. The smallest absolute Gasteiger partial charge is 0.407 e. The molecule has 0 aromatic rings. The van der Waals surface area contributed by atoms with E-state index in [1.54, 1.807) is 11.8 Å². The van der Waals surface area contributed by atoms with Gasteiger partial charge in [0, 0.05) is 13.1 Å². The van der Waals surface area contributed by atoms with Crippen LogP contribution in [0.5, 0.6) is 0 Å². The van der Waals surface area contributed by atoms with Crippen molar-refractivity contribution in [1.82, 2.24) is 10.2 Å². The predicted molar refractivity (Wildman–Crippen MR) is 68.1 cm³/mol. The average molecular weight is 257 g/mol. The lowest BCUT2D eigenvalue weighted by molar-refractivity contribution is 0.123. The Morgan fingerprint density at radius 1 is 1.39 bits per heavy atom. The molecule has 1 aliphatic heterocycles. The number of amides is 3. The van der Waals surface area contributed by atoms with Crippen LogP contribution in [0.15, 0.2) is 0 Å². The van der Waals surface area contributed by atoms with Crippen molar-refractivity contribution in [2.45, 2.75) is 39.2 Å². The molecule has 0 saturated carbocycles. The summed E-state index contributed by atoms with van der Waals surface area (Å²) in [6.07, 6.45) is 2.54. The molecular weight excluding hydrogens is 234 g/mol. The highest BCUT2D eigenvalue weighted by atomic mass is 16.5. The molecule has 18 heavy (non-hydrogen) atoms. The van der Waals surface area contributed by atoms with Gasteiger partial charge in [-0.05, 0) is 25.7 Å². The number of carbonyl (C=O) groups is 2. The lowest BCUT2D eigenvalue weighted by Gasteiger charge is -2.37. The maximum absolute atomic E-state index is 11.4. The number of nitrogens with zero attached hydrogens (tertiary/aromatic N) is 1. The molecule has 2 atom stereocenters. The van der Waals surface area contributed by atoms with Gasteiger partial charge in [-0.1, -0.05) is 13.3 Å². The normalized spacial score (nSPS) is 23.6. The van der Waals surface area contributed by atoms with E-state index < -0.39 is 12.1 Å². The summed E-state index contributed by atoms with van der Waals surface area (Å²) in [4.78, 5) is 24.2. The van der Waals surface area contributed by atoms with E-state index in [9.17, 15) is 9.59 Å². The maximum atomic E-state index is 11.4. The first-order chi connectivity index (χ1) is 8.56. The highest BCUT2D eigenvalue weighted by Crippen LogP contribution is 2.21. The van der Waals surface area contributed by atoms with Gasteiger partial charge >= 0.3 is 12.1 Å². The molecule has 1 fully saturated rings. The van der Waals surface area contributed by atoms with Gasteiger partial charge in [-0.15, -0.1) is 0 Å². The Balaban J connectivity index is 2.55. The molecule has 2 unspecified atom stereocenters. The van der Waals surface area contributed by atoms with E-state index >= 15 is 0 Å². The van der Waals surface area contributed by atoms with Gasteiger partial charge in [0.15, 0.2) is 0 Å². The van der Waals surface area contributed by atoms with E-state index in [4.69, 9.17) is 10.5 Å². The highest BCUT2D eigenvalue weighted by molar-refractivity contribution is 5.72. The van der Waals surface area contributed by atoms with Crippen LogP contribution < -0.4 is 11.1 Å². The number of hydrogen-bond donors (Lipinski definition) is 2. The fraction of sp³-hybridized carbons (Fsp3) is 0.833. The van der Waals surface area contributed by atoms with E-state index in [-0.39, 0.29) is 6.04 Å². The standard InChI is InChI=1S/C12H23N3O3/c1-3-5-9-6-10(14-12(17)18-4-2)8-15(7-9)11(13)16/h9-10H,3-8H2,1-2H3,(H2,13,16)(H,14,17). The van der Waals surface area contributed by atoms with Crippen molar-refractivity contribution < 1.29 is 14.3 Å². The number of primary amides is 1. The summed E-state index contributed by atoms with van der Waals surface area (Å²) in [5.74, 6) is 0.392. The molecule has 1 heterocycles. The van der Waals surface area contributed by atoms with Crippen molar-refractivity contribution in [2.24, 2.45) is 11.7 Å². The van der Waals surface area contributed by atoms with Crippen molar-refractivity contribution in [3.8, 4) is 0 Å². The van der Waals surface area contributed by atoms with Crippen LogP contribution in [0.4, 0.5) is 9.59 Å². The third kappa shape index (κ3) is 4.43. The number of ether oxygens (including phenoxy) is 1. The molecule has 0 radical (unpaired) electrons. The van der Waals surface area contributed by atoms with Gasteiger partial charge in [0.1, 0.15) is 0 Å². The summed E-state index contributed by atoms with van der Waals surface area (Å²) in [7, 11) is 0. The molecule has 0 bridgehead atoms. The number of carbonyl (C=O) groups excluding carboxylic acids is 2. The van der Waals surface area contributed by atoms with E-state index in [0.717, 1.165) is 19.3 Å². The van der Waals surface area contributed by atoms with Gasteiger partial charge in [0.2, 0.25) is 0 Å². The van der Waals surface area contributed by atoms with Gasteiger partial charge in [-0.25, -0.2) is 9.59 Å². The Kier molecular flexibility index (Phi) is 5.74. The molecular formula is C12H23N3O3. The second-order valence-electron chi connectivity index (χ2n) is 4.70. The summed E-state index contributed by atoms with van der Waals surface area (Å²) < 4.78 is 4.85. The largest absolute Gasteiger partial charge is 0.450 e. The van der Waals surface area contributed by atoms with Gasteiger partial charge in [0.25, 0.3) is 0 Å². The molecule has 6 heteroatoms. The summed E-state index contributed by atoms with van der Waals surface area (Å²) in [5, 5.41) is 2.78. The third-order valence-corrected chi connectivity index (χ3v) is 3.14. The molecule has 6 nitrogen and oxygen atoms in total. The quantitative estimate of drug-likeness (QED) is 0.796. The molecule has 0 spiro atoms. The average Bonchev–Trinajstić information content (AvgIpc) is 2.29. The van der Waals surface area contributed by atoms with E-state index in [2.05, 4.69) is 12.2 Å². The lowest BCUT2D eigenvalue weighted by Crippen LogP contribution is -2.54. The van der Waals surface area contributed by atoms with E-state index in [1.807, 2.05) is 0 Å². The van der Waals surface area contributed by atoms with Crippen LogP contribution in [0, 0.1) is 5.92 Å². The number of nitrogens with one attached hydrogen (secondary N) is 1. The number of hydrogen-bond acceptors (Lipinski definition) is 3. The summed E-state index contributed by atoms with van der Waals surface area (Å²) >= 11 is 0. The molecule has 1 aliphatic rings. The number of piperidine rings is 1. The van der Waals surface area contributed by atoms with Gasteiger partial charge in [-0.2, -0.15) is 0 Å². The first-order valence-electron chi connectivity index (χ1n) is 6.54. The molecule has 0 aliphatic carbocycles. The Labute approximate surface area is 108 Å². The van der Waals surface area contributed by atoms with Crippen LogP contribution in [-0.2, 0) is 4.74 Å². The first kappa shape index (κ1) is 14.6. The molecule has 104 valence electrons. The topological polar surface area (TPSA) is 84.7 Å². The van der Waals surface area contributed by atoms with Crippen molar-refractivity contribution in [2.75, 3.05) is 19.7 Å². The van der Waals surface area contributed by atoms with Crippen molar-refractivity contribution in [3.63, 3.8) is 0 Å². The molecule has 3 amide bonds.